The Morgan fingerprint density at radius 2 is 1.85 bits per heavy atom. The summed E-state index contributed by atoms with van der Waals surface area (Å²) >= 11 is 0. The lowest BCUT2D eigenvalue weighted by Gasteiger charge is -2.54. The van der Waals surface area contributed by atoms with Crippen molar-refractivity contribution in [3.8, 4) is 0 Å². The number of nitrogens with zero attached hydrogens (tertiary/aromatic N) is 1. The van der Waals surface area contributed by atoms with Crippen molar-refractivity contribution in [1.29, 1.82) is 0 Å². The van der Waals surface area contributed by atoms with Gasteiger partial charge in [0.05, 0.1) is 24.3 Å². The van der Waals surface area contributed by atoms with Crippen molar-refractivity contribution in [1.82, 2.24) is 10.2 Å². The number of aliphatic hydroxyl groups is 2. The summed E-state index contributed by atoms with van der Waals surface area (Å²) in [4.78, 5) is 27.5. The molecule has 5 atom stereocenters. The molecule has 5 aliphatic rings. The highest BCUT2D eigenvalue weighted by atomic mass is 19.4. The van der Waals surface area contributed by atoms with Gasteiger partial charge in [0.1, 0.15) is 22.9 Å². The number of primary amides is 1. The molecule has 12 heteroatoms. The lowest BCUT2D eigenvalue weighted by Crippen LogP contribution is -2.59. The van der Waals surface area contributed by atoms with Crippen LogP contribution in [0.15, 0.2) is 45.1 Å². The zero-order chi connectivity index (χ0) is 30.0. The minimum absolute atomic E-state index is 0.0258. The molecule has 1 saturated carbocycles. The number of likely N-dealkylation sites (N-methyl/N-ethyl adjacent to an activating group) is 1. The van der Waals surface area contributed by atoms with Crippen LogP contribution < -0.4 is 11.1 Å². The average Bonchev–Trinajstić information content (AvgIpc) is 3.70. The molecule has 5 N–H and O–H groups in total. The Balaban J connectivity index is 1.69. The second kappa shape index (κ2) is 10.5. The normalized spacial score (nSPS) is 32.3. The summed E-state index contributed by atoms with van der Waals surface area (Å²) < 4.78 is 55.8. The van der Waals surface area contributed by atoms with Gasteiger partial charge in [-0.05, 0) is 63.7 Å². The molecule has 1 amide bonds. The van der Waals surface area contributed by atoms with Crippen LogP contribution in [0.2, 0.25) is 0 Å². The molecule has 0 aromatic carbocycles. The van der Waals surface area contributed by atoms with Crippen LogP contribution in [-0.4, -0.2) is 86.0 Å². The van der Waals surface area contributed by atoms with Gasteiger partial charge in [-0.25, -0.2) is 0 Å². The van der Waals surface area contributed by atoms with Gasteiger partial charge < -0.3 is 30.7 Å². The van der Waals surface area contributed by atoms with Gasteiger partial charge in [-0.1, -0.05) is 0 Å². The van der Waals surface area contributed by atoms with Crippen LogP contribution in [0.5, 0.6) is 0 Å². The van der Waals surface area contributed by atoms with E-state index >= 15 is 0 Å². The Labute approximate surface area is 236 Å². The second-order valence-corrected chi connectivity index (χ2v) is 12.1. The standard InChI is InChI=1S/C29H38F3N3O6/c1-35(2)23-18-8-14-7-16-21(19(36)9-15(22(16)29(30,31)32)12-34-11-13-5-6-13)25(38)20(14)26(40-3)28(18,41-4)10-17(24(23)37)27(33)39/h13-15,18,23,34,37-38H,5-12H2,1-4H3,(H2,33,39)/t14-,15?,18-,23-,28-/m0/s1. The summed E-state index contributed by atoms with van der Waals surface area (Å²) in [6.07, 6.45) is -3.08. The Morgan fingerprint density at radius 3 is 2.39 bits per heavy atom. The average molecular weight is 582 g/mol. The number of allylic oxidation sites excluding steroid dienone is 3. The van der Waals surface area contributed by atoms with Gasteiger partial charge in [-0.2, -0.15) is 13.2 Å². The van der Waals surface area contributed by atoms with E-state index in [0.717, 1.165) is 12.8 Å². The Bertz CT molecular complexity index is 1280. The largest absolute Gasteiger partial charge is 0.510 e. The van der Waals surface area contributed by atoms with Gasteiger partial charge >= 0.3 is 6.18 Å². The zero-order valence-corrected chi connectivity index (χ0v) is 23.7. The summed E-state index contributed by atoms with van der Waals surface area (Å²) in [6, 6.07) is -0.770. The number of Topliss-reactive ketones (excluding diaryl/α,β-unsaturated/α-hetero) is 1. The first-order valence-electron chi connectivity index (χ1n) is 14.0. The number of aliphatic hydroxyl groups excluding tert-OH is 2. The number of halogens is 3. The van der Waals surface area contributed by atoms with Gasteiger partial charge in [0.2, 0.25) is 5.91 Å². The van der Waals surface area contributed by atoms with Crippen LogP contribution in [-0.2, 0) is 19.1 Å². The van der Waals surface area contributed by atoms with Gasteiger partial charge in [-0.15, -0.1) is 0 Å². The van der Waals surface area contributed by atoms with Gasteiger partial charge in [0.15, 0.2) is 5.78 Å². The molecule has 1 fully saturated rings. The summed E-state index contributed by atoms with van der Waals surface area (Å²) in [5.74, 6) is -3.87. The fraction of sp³-hybridized carbons (Fsp3) is 0.655. The maximum Gasteiger partial charge on any atom is 0.413 e. The lowest BCUT2D eigenvalue weighted by atomic mass is 9.58. The predicted molar refractivity (Wildman–Crippen MR) is 142 cm³/mol. The maximum atomic E-state index is 14.7. The molecular formula is C29H38F3N3O6. The molecule has 0 saturated heterocycles. The lowest BCUT2D eigenvalue weighted by molar-refractivity contribution is -0.123. The van der Waals surface area contributed by atoms with Gasteiger partial charge in [0.25, 0.3) is 0 Å². The molecule has 0 heterocycles. The van der Waals surface area contributed by atoms with Crippen LogP contribution in [0.1, 0.15) is 38.5 Å². The number of methoxy groups -OCH3 is 2. The summed E-state index contributed by atoms with van der Waals surface area (Å²) in [7, 11) is 6.17. The number of hydrogen-bond acceptors (Lipinski definition) is 8. The maximum absolute atomic E-state index is 14.7. The van der Waals surface area contributed by atoms with E-state index in [4.69, 9.17) is 15.2 Å². The van der Waals surface area contributed by atoms with Crippen molar-refractivity contribution < 1.29 is 42.4 Å². The second-order valence-electron chi connectivity index (χ2n) is 12.1. The van der Waals surface area contributed by atoms with E-state index in [1.165, 1.54) is 14.2 Å². The van der Waals surface area contributed by atoms with Crippen molar-refractivity contribution in [3.05, 3.63) is 45.1 Å². The summed E-state index contributed by atoms with van der Waals surface area (Å²) in [6.45, 7) is 0.640. The van der Waals surface area contributed by atoms with E-state index in [9.17, 15) is 33.0 Å². The number of rotatable bonds is 8. The Morgan fingerprint density at radius 1 is 1.17 bits per heavy atom. The molecule has 5 rings (SSSR count). The summed E-state index contributed by atoms with van der Waals surface area (Å²) in [5.41, 5.74) is 3.12. The molecule has 0 aromatic heterocycles. The van der Waals surface area contributed by atoms with E-state index in [1.807, 2.05) is 0 Å². The van der Waals surface area contributed by atoms with Crippen LogP contribution in [0.3, 0.4) is 0 Å². The fourth-order valence-corrected chi connectivity index (χ4v) is 7.62. The molecule has 0 spiro atoms. The number of carbonyl (C=O) groups excluding carboxylic acids is 2. The Kier molecular flexibility index (Phi) is 7.57. The first kappa shape index (κ1) is 29.7. The van der Waals surface area contributed by atoms with Crippen LogP contribution in [0.4, 0.5) is 13.2 Å². The van der Waals surface area contributed by atoms with E-state index in [-0.39, 0.29) is 66.0 Å². The molecule has 41 heavy (non-hydrogen) atoms. The first-order valence-corrected chi connectivity index (χ1v) is 14.0. The highest BCUT2D eigenvalue weighted by molar-refractivity contribution is 6.03. The molecule has 0 radical (unpaired) electrons. The highest BCUT2D eigenvalue weighted by Gasteiger charge is 2.60. The third kappa shape index (κ3) is 4.77. The van der Waals surface area contributed by atoms with E-state index in [0.29, 0.717) is 12.5 Å². The number of nitrogens with one attached hydrogen (secondary N) is 1. The van der Waals surface area contributed by atoms with Crippen molar-refractivity contribution in [2.75, 3.05) is 41.4 Å². The van der Waals surface area contributed by atoms with Crippen molar-refractivity contribution in [2.45, 2.75) is 56.3 Å². The number of ether oxygens (including phenoxy) is 2. The minimum atomic E-state index is -4.70. The summed E-state index contributed by atoms with van der Waals surface area (Å²) in [5, 5.41) is 25.8. The van der Waals surface area contributed by atoms with Crippen LogP contribution in [0.25, 0.3) is 0 Å². The van der Waals surface area contributed by atoms with E-state index in [2.05, 4.69) is 5.32 Å². The number of fused-ring (bicyclic) bond motifs is 3. The highest BCUT2D eigenvalue weighted by Crippen LogP contribution is 2.58. The Hall–Kier alpha value is -2.83. The zero-order valence-electron chi connectivity index (χ0n) is 23.7. The van der Waals surface area contributed by atoms with Gasteiger partial charge in [-0.3, -0.25) is 14.5 Å². The van der Waals surface area contributed by atoms with Crippen LogP contribution in [0, 0.1) is 23.7 Å². The van der Waals surface area contributed by atoms with Crippen molar-refractivity contribution in [3.63, 3.8) is 0 Å². The topological polar surface area (TPSA) is 134 Å². The number of hydrogen-bond donors (Lipinski definition) is 4. The fourth-order valence-electron chi connectivity index (χ4n) is 7.62. The molecule has 0 bridgehead atoms. The molecule has 5 aliphatic carbocycles. The quantitative estimate of drug-likeness (QED) is 0.344. The number of ketones is 1. The van der Waals surface area contributed by atoms with Crippen LogP contribution >= 0.6 is 0 Å². The molecular weight excluding hydrogens is 543 g/mol. The molecule has 0 aromatic rings. The number of alkyl halides is 3. The molecule has 226 valence electrons. The third-order valence-corrected chi connectivity index (χ3v) is 9.52. The number of amides is 1. The molecule has 9 nitrogen and oxygen atoms in total. The first-order chi connectivity index (χ1) is 19.3. The van der Waals surface area contributed by atoms with Crippen molar-refractivity contribution in [2.24, 2.45) is 29.4 Å². The predicted octanol–water partition coefficient (Wildman–Crippen LogP) is 3.20. The SMILES string of the molecule is COC1=C2C(O)=C3C(=O)CC(CNCC4CC4)C(C(F)(F)F)=C3C[C@H]2C[C@H]2[C@H](N(C)C)C(O)=C(C(N)=O)C[C@@]12OC. The van der Waals surface area contributed by atoms with Crippen molar-refractivity contribution >= 4 is 11.7 Å². The smallest absolute Gasteiger partial charge is 0.413 e. The van der Waals surface area contributed by atoms with E-state index < -0.39 is 58.6 Å². The number of carbonyl (C=O) groups is 2. The third-order valence-electron chi connectivity index (χ3n) is 9.52. The minimum Gasteiger partial charge on any atom is -0.510 e. The molecule has 0 aliphatic heterocycles. The number of nitrogens with two attached hydrogens (primary N) is 1. The molecule has 1 unspecified atom stereocenters. The van der Waals surface area contributed by atoms with E-state index in [1.54, 1.807) is 19.0 Å². The monoisotopic (exact) mass is 581 g/mol. The van der Waals surface area contributed by atoms with Gasteiger partial charge in [0, 0.05) is 49.5 Å².